The molecule has 1 aromatic carbocycles. The van der Waals surface area contributed by atoms with E-state index in [2.05, 4.69) is 27.0 Å². The average molecular weight is 419 g/mol. The SMILES string of the molecule is COCC(N)C(=O)Nc1ccc2c(ccn2CCN2CCOCC2)c1.Cl.Cl. The Hall–Kier alpha value is -1.35. The molecule has 3 N–H and O–H groups in total. The van der Waals surface area contributed by atoms with Gasteiger partial charge >= 0.3 is 0 Å². The zero-order chi connectivity index (χ0) is 17.6. The van der Waals surface area contributed by atoms with E-state index in [0.29, 0.717) is 0 Å². The molecule has 0 bridgehead atoms. The molecule has 3 rings (SSSR count). The Labute approximate surface area is 172 Å². The highest BCUT2D eigenvalue weighted by atomic mass is 35.5. The van der Waals surface area contributed by atoms with Crippen molar-refractivity contribution in [3.05, 3.63) is 30.5 Å². The fourth-order valence-corrected chi connectivity index (χ4v) is 3.04. The molecule has 0 aliphatic carbocycles. The van der Waals surface area contributed by atoms with Gasteiger partial charge in [-0.25, -0.2) is 0 Å². The molecule has 1 fully saturated rings. The molecule has 7 nitrogen and oxygen atoms in total. The first-order valence-electron chi connectivity index (χ1n) is 8.62. The number of ether oxygens (including phenoxy) is 2. The van der Waals surface area contributed by atoms with Gasteiger partial charge in [-0.2, -0.15) is 0 Å². The third kappa shape index (κ3) is 6.34. The maximum atomic E-state index is 12.0. The second kappa shape index (κ2) is 11.5. The van der Waals surface area contributed by atoms with Crippen LogP contribution in [0.5, 0.6) is 0 Å². The number of benzene rings is 1. The van der Waals surface area contributed by atoms with Crippen LogP contribution in [-0.2, 0) is 20.8 Å². The van der Waals surface area contributed by atoms with Crippen LogP contribution >= 0.6 is 24.8 Å². The topological polar surface area (TPSA) is 81.8 Å². The first-order valence-corrected chi connectivity index (χ1v) is 8.62. The van der Waals surface area contributed by atoms with Crippen molar-refractivity contribution in [2.45, 2.75) is 12.6 Å². The van der Waals surface area contributed by atoms with E-state index < -0.39 is 6.04 Å². The van der Waals surface area contributed by atoms with Crippen LogP contribution in [0.1, 0.15) is 0 Å². The molecular weight excluding hydrogens is 391 g/mol. The number of aromatic nitrogens is 1. The van der Waals surface area contributed by atoms with E-state index in [1.807, 2.05) is 18.2 Å². The zero-order valence-corrected chi connectivity index (χ0v) is 17.1. The Balaban J connectivity index is 0.00000182. The molecule has 0 spiro atoms. The molecule has 2 heterocycles. The van der Waals surface area contributed by atoms with Crippen molar-refractivity contribution in [1.29, 1.82) is 0 Å². The normalized spacial score (nSPS) is 15.6. The summed E-state index contributed by atoms with van der Waals surface area (Å²) in [6.45, 7) is 5.78. The summed E-state index contributed by atoms with van der Waals surface area (Å²) >= 11 is 0. The molecule has 1 aliphatic rings. The smallest absolute Gasteiger partial charge is 0.243 e. The average Bonchev–Trinajstić information content (AvgIpc) is 3.03. The molecule has 9 heteroatoms. The van der Waals surface area contributed by atoms with E-state index in [1.54, 1.807) is 0 Å². The molecule has 1 amide bonds. The number of amides is 1. The maximum Gasteiger partial charge on any atom is 0.243 e. The highest BCUT2D eigenvalue weighted by molar-refractivity contribution is 5.96. The Kier molecular flexibility index (Phi) is 10.1. The highest BCUT2D eigenvalue weighted by Gasteiger charge is 2.14. The summed E-state index contributed by atoms with van der Waals surface area (Å²) in [5.41, 5.74) is 7.65. The van der Waals surface area contributed by atoms with Gasteiger partial charge in [0.1, 0.15) is 6.04 Å². The Morgan fingerprint density at radius 2 is 2.00 bits per heavy atom. The zero-order valence-electron chi connectivity index (χ0n) is 15.4. The van der Waals surface area contributed by atoms with E-state index in [9.17, 15) is 4.79 Å². The summed E-state index contributed by atoms with van der Waals surface area (Å²) in [6.07, 6.45) is 2.09. The first kappa shape index (κ1) is 23.7. The van der Waals surface area contributed by atoms with E-state index in [0.717, 1.165) is 56.0 Å². The minimum absolute atomic E-state index is 0. The van der Waals surface area contributed by atoms with Crippen molar-refractivity contribution in [1.82, 2.24) is 9.47 Å². The number of anilines is 1. The van der Waals surface area contributed by atoms with Crippen LogP contribution in [0, 0.1) is 0 Å². The third-order valence-electron chi connectivity index (χ3n) is 4.48. The number of carbonyl (C=O) groups excluding carboxylic acids is 1. The predicted molar refractivity (Wildman–Crippen MR) is 112 cm³/mol. The largest absolute Gasteiger partial charge is 0.383 e. The molecule has 1 aliphatic heterocycles. The number of hydrogen-bond donors (Lipinski definition) is 2. The number of nitrogens with one attached hydrogen (secondary N) is 1. The number of methoxy groups -OCH3 is 1. The summed E-state index contributed by atoms with van der Waals surface area (Å²) in [6, 6.07) is 7.31. The number of halogens is 2. The molecule has 152 valence electrons. The van der Waals surface area contributed by atoms with Gasteiger partial charge in [0.15, 0.2) is 0 Å². The second-order valence-corrected chi connectivity index (χ2v) is 6.29. The van der Waals surface area contributed by atoms with Crippen LogP contribution in [0.2, 0.25) is 0 Å². The van der Waals surface area contributed by atoms with Gasteiger partial charge < -0.3 is 25.1 Å². The minimum atomic E-state index is -0.668. The maximum absolute atomic E-state index is 12.0. The lowest BCUT2D eigenvalue weighted by Crippen LogP contribution is -2.39. The summed E-state index contributed by atoms with van der Waals surface area (Å²) in [5.74, 6) is -0.243. The summed E-state index contributed by atoms with van der Waals surface area (Å²) in [7, 11) is 1.53. The fourth-order valence-electron chi connectivity index (χ4n) is 3.04. The highest BCUT2D eigenvalue weighted by Crippen LogP contribution is 2.21. The van der Waals surface area contributed by atoms with Gasteiger partial charge in [-0.1, -0.05) is 0 Å². The van der Waals surface area contributed by atoms with Gasteiger partial charge in [0, 0.05) is 56.1 Å². The van der Waals surface area contributed by atoms with Crippen LogP contribution < -0.4 is 11.1 Å². The van der Waals surface area contributed by atoms with Crippen molar-refractivity contribution >= 4 is 47.3 Å². The minimum Gasteiger partial charge on any atom is -0.383 e. The van der Waals surface area contributed by atoms with Gasteiger partial charge in [0.2, 0.25) is 5.91 Å². The summed E-state index contributed by atoms with van der Waals surface area (Å²) in [5, 5.41) is 3.93. The predicted octanol–water partition coefficient (Wildman–Crippen LogP) is 1.73. The van der Waals surface area contributed by atoms with E-state index in [4.69, 9.17) is 15.2 Å². The van der Waals surface area contributed by atoms with Crippen molar-refractivity contribution in [2.24, 2.45) is 5.73 Å². The quantitative estimate of drug-likeness (QED) is 0.715. The Morgan fingerprint density at radius 1 is 1.26 bits per heavy atom. The monoisotopic (exact) mass is 418 g/mol. The number of fused-ring (bicyclic) bond motifs is 1. The standard InChI is InChI=1S/C18H26N4O3.2ClH/c1-24-13-16(19)18(23)20-15-2-3-17-14(12-15)4-5-22(17)7-6-21-8-10-25-11-9-21;;/h2-5,12,16H,6-11,13,19H2,1H3,(H,20,23);2*1H. The lowest BCUT2D eigenvalue weighted by Gasteiger charge is -2.26. The molecular formula is C18H28Cl2N4O3. The van der Waals surface area contributed by atoms with Gasteiger partial charge in [-0.15, -0.1) is 24.8 Å². The van der Waals surface area contributed by atoms with Crippen LogP contribution in [0.3, 0.4) is 0 Å². The van der Waals surface area contributed by atoms with Crippen molar-refractivity contribution in [3.63, 3.8) is 0 Å². The lowest BCUT2D eigenvalue weighted by molar-refractivity contribution is -0.118. The molecule has 1 unspecified atom stereocenters. The van der Waals surface area contributed by atoms with Crippen LogP contribution in [0.15, 0.2) is 30.5 Å². The molecule has 1 saturated heterocycles. The number of morpholine rings is 1. The number of nitrogens with two attached hydrogens (primary N) is 1. The number of rotatable bonds is 7. The molecule has 0 radical (unpaired) electrons. The van der Waals surface area contributed by atoms with E-state index in [1.165, 1.54) is 7.11 Å². The van der Waals surface area contributed by atoms with E-state index >= 15 is 0 Å². The molecule has 1 atom stereocenters. The van der Waals surface area contributed by atoms with Crippen molar-refractivity contribution < 1.29 is 14.3 Å². The number of carbonyl (C=O) groups is 1. The molecule has 27 heavy (non-hydrogen) atoms. The second-order valence-electron chi connectivity index (χ2n) is 6.29. The molecule has 2 aromatic rings. The summed E-state index contributed by atoms with van der Waals surface area (Å²) < 4.78 is 12.5. The van der Waals surface area contributed by atoms with Gasteiger partial charge in [-0.05, 0) is 24.3 Å². The molecule has 1 aromatic heterocycles. The Morgan fingerprint density at radius 3 is 2.70 bits per heavy atom. The first-order chi connectivity index (χ1) is 12.2. The van der Waals surface area contributed by atoms with Crippen molar-refractivity contribution in [2.75, 3.05) is 51.9 Å². The van der Waals surface area contributed by atoms with Crippen molar-refractivity contribution in [3.8, 4) is 0 Å². The fraction of sp³-hybridized carbons (Fsp3) is 0.500. The lowest BCUT2D eigenvalue weighted by atomic mass is 10.2. The number of nitrogens with zero attached hydrogens (tertiary/aromatic N) is 2. The summed E-state index contributed by atoms with van der Waals surface area (Å²) in [4.78, 5) is 14.4. The van der Waals surface area contributed by atoms with Crippen LogP contribution in [-0.4, -0.2) is 68.0 Å². The van der Waals surface area contributed by atoms with E-state index in [-0.39, 0.29) is 37.3 Å². The van der Waals surface area contributed by atoms with Gasteiger partial charge in [0.25, 0.3) is 0 Å². The Bertz CT molecular complexity index is 720. The third-order valence-corrected chi connectivity index (χ3v) is 4.48. The number of hydrogen-bond acceptors (Lipinski definition) is 5. The van der Waals surface area contributed by atoms with Crippen LogP contribution in [0.25, 0.3) is 10.9 Å². The van der Waals surface area contributed by atoms with Crippen LogP contribution in [0.4, 0.5) is 5.69 Å². The van der Waals surface area contributed by atoms with Gasteiger partial charge in [0.05, 0.1) is 19.8 Å². The van der Waals surface area contributed by atoms with Gasteiger partial charge in [-0.3, -0.25) is 9.69 Å². The molecule has 0 saturated carbocycles.